The minimum Gasteiger partial charge on any atom is -0.342 e. The van der Waals surface area contributed by atoms with Crippen molar-refractivity contribution in [3.05, 3.63) is 36.0 Å². The van der Waals surface area contributed by atoms with Gasteiger partial charge in [0.25, 0.3) is 0 Å². The Hall–Kier alpha value is -2.28. The van der Waals surface area contributed by atoms with Gasteiger partial charge in [0.15, 0.2) is 0 Å². The summed E-state index contributed by atoms with van der Waals surface area (Å²) in [5, 5.41) is 7.04. The molecule has 2 heterocycles. The van der Waals surface area contributed by atoms with Gasteiger partial charge in [0.05, 0.1) is 5.92 Å². The molecule has 2 aromatic rings. The van der Waals surface area contributed by atoms with Crippen LogP contribution in [0, 0.1) is 11.7 Å². The van der Waals surface area contributed by atoms with Crippen molar-refractivity contribution in [2.45, 2.75) is 25.7 Å². The van der Waals surface area contributed by atoms with Crippen LogP contribution in [0.3, 0.4) is 0 Å². The first-order valence-corrected chi connectivity index (χ1v) is 8.61. The minimum atomic E-state index is -0.301. The molecule has 0 spiro atoms. The Labute approximate surface area is 146 Å². The molecule has 2 atom stereocenters. The second-order valence-corrected chi connectivity index (χ2v) is 6.55. The number of nitrogens with zero attached hydrogens (tertiary/aromatic N) is 3. The lowest BCUT2D eigenvalue weighted by molar-refractivity contribution is -0.136. The van der Waals surface area contributed by atoms with Crippen molar-refractivity contribution in [2.24, 2.45) is 5.92 Å². The molecule has 3 rings (SSSR count). The predicted molar refractivity (Wildman–Crippen MR) is 91.3 cm³/mol. The summed E-state index contributed by atoms with van der Waals surface area (Å²) in [6.07, 6.45) is 1.83. The molecule has 1 aliphatic rings. The summed E-state index contributed by atoms with van der Waals surface area (Å²) in [5.74, 6) is 0.824. The summed E-state index contributed by atoms with van der Waals surface area (Å²) in [6.45, 7) is 3.96. The first-order valence-electron chi connectivity index (χ1n) is 8.61. The SMILES string of the molecule is CNCC(C)C(=O)N1CCCC(c2nc(-c3ccc(F)cc3)no2)C1. The van der Waals surface area contributed by atoms with E-state index in [9.17, 15) is 9.18 Å². The number of hydrogen-bond donors (Lipinski definition) is 1. The Balaban J connectivity index is 1.70. The zero-order valence-electron chi connectivity index (χ0n) is 14.5. The van der Waals surface area contributed by atoms with E-state index in [0.717, 1.165) is 19.4 Å². The summed E-state index contributed by atoms with van der Waals surface area (Å²) in [7, 11) is 1.85. The highest BCUT2D eigenvalue weighted by Crippen LogP contribution is 2.28. The van der Waals surface area contributed by atoms with Gasteiger partial charge >= 0.3 is 0 Å². The van der Waals surface area contributed by atoms with Crippen LogP contribution in [0.15, 0.2) is 28.8 Å². The van der Waals surface area contributed by atoms with Gasteiger partial charge in [0, 0.05) is 31.1 Å². The van der Waals surface area contributed by atoms with Crippen LogP contribution in [-0.2, 0) is 4.79 Å². The van der Waals surface area contributed by atoms with Crippen molar-refractivity contribution in [3.63, 3.8) is 0 Å². The molecule has 0 radical (unpaired) electrons. The number of likely N-dealkylation sites (tertiary alicyclic amines) is 1. The van der Waals surface area contributed by atoms with Crippen molar-refractivity contribution in [1.82, 2.24) is 20.4 Å². The number of aromatic nitrogens is 2. The van der Waals surface area contributed by atoms with Crippen LogP contribution >= 0.6 is 0 Å². The summed E-state index contributed by atoms with van der Waals surface area (Å²) in [6, 6.07) is 5.99. The third kappa shape index (κ3) is 4.04. The maximum Gasteiger partial charge on any atom is 0.231 e. The van der Waals surface area contributed by atoms with Gasteiger partial charge < -0.3 is 14.7 Å². The number of amides is 1. The fourth-order valence-electron chi connectivity index (χ4n) is 3.20. The Bertz CT molecular complexity index is 716. The Morgan fingerprint density at radius 1 is 1.44 bits per heavy atom. The lowest BCUT2D eigenvalue weighted by Gasteiger charge is -2.32. The Kier molecular flexibility index (Phi) is 5.43. The van der Waals surface area contributed by atoms with Gasteiger partial charge in [0.1, 0.15) is 5.82 Å². The number of benzene rings is 1. The molecule has 1 N–H and O–H groups in total. The van der Waals surface area contributed by atoms with Gasteiger partial charge in [0.2, 0.25) is 17.6 Å². The lowest BCUT2D eigenvalue weighted by atomic mass is 9.96. The van der Waals surface area contributed by atoms with Gasteiger partial charge in [-0.2, -0.15) is 4.98 Å². The molecule has 1 aliphatic heterocycles. The largest absolute Gasteiger partial charge is 0.342 e. The molecule has 134 valence electrons. The zero-order chi connectivity index (χ0) is 17.8. The van der Waals surface area contributed by atoms with Gasteiger partial charge in [-0.25, -0.2) is 4.39 Å². The first kappa shape index (κ1) is 17.5. The second-order valence-electron chi connectivity index (χ2n) is 6.55. The van der Waals surface area contributed by atoms with E-state index in [0.29, 0.717) is 30.4 Å². The summed E-state index contributed by atoms with van der Waals surface area (Å²) >= 11 is 0. The van der Waals surface area contributed by atoms with Crippen LogP contribution in [0.4, 0.5) is 4.39 Å². The zero-order valence-corrected chi connectivity index (χ0v) is 14.5. The summed E-state index contributed by atoms with van der Waals surface area (Å²) in [4.78, 5) is 18.9. The van der Waals surface area contributed by atoms with Gasteiger partial charge in [-0.05, 0) is 44.2 Å². The highest BCUT2D eigenvalue weighted by atomic mass is 19.1. The fraction of sp³-hybridized carbons (Fsp3) is 0.500. The molecule has 6 nitrogen and oxygen atoms in total. The van der Waals surface area contributed by atoms with Gasteiger partial charge in [-0.3, -0.25) is 4.79 Å². The average molecular weight is 346 g/mol. The predicted octanol–water partition coefficient (Wildman–Crippen LogP) is 2.44. The van der Waals surface area contributed by atoms with Crippen LogP contribution < -0.4 is 5.32 Å². The van der Waals surface area contributed by atoms with E-state index >= 15 is 0 Å². The molecule has 1 saturated heterocycles. The molecule has 1 aromatic carbocycles. The number of hydrogen-bond acceptors (Lipinski definition) is 5. The van der Waals surface area contributed by atoms with Crippen LogP contribution in [0.1, 0.15) is 31.6 Å². The van der Waals surface area contributed by atoms with Crippen molar-refractivity contribution >= 4 is 5.91 Å². The first-order chi connectivity index (χ1) is 12.1. The molecule has 1 aromatic heterocycles. The number of halogens is 1. The molecule has 2 unspecified atom stereocenters. The number of carbonyl (C=O) groups is 1. The van der Waals surface area contributed by atoms with Crippen LogP contribution in [-0.4, -0.2) is 47.6 Å². The highest BCUT2D eigenvalue weighted by molar-refractivity contribution is 5.78. The molecule has 0 saturated carbocycles. The molecule has 25 heavy (non-hydrogen) atoms. The fourth-order valence-corrected chi connectivity index (χ4v) is 3.20. The van der Waals surface area contributed by atoms with Crippen molar-refractivity contribution < 1.29 is 13.7 Å². The Morgan fingerprint density at radius 2 is 2.20 bits per heavy atom. The van der Waals surface area contributed by atoms with Crippen LogP contribution in [0.25, 0.3) is 11.4 Å². The van der Waals surface area contributed by atoms with Crippen molar-refractivity contribution in [2.75, 3.05) is 26.7 Å². The molecular formula is C18H23FN4O2. The Morgan fingerprint density at radius 3 is 2.92 bits per heavy atom. The van der Waals surface area contributed by atoms with Crippen molar-refractivity contribution in [1.29, 1.82) is 0 Å². The van der Waals surface area contributed by atoms with E-state index in [1.54, 1.807) is 12.1 Å². The third-order valence-corrected chi connectivity index (χ3v) is 4.56. The number of piperidine rings is 1. The minimum absolute atomic E-state index is 0.0428. The van der Waals surface area contributed by atoms with Crippen LogP contribution in [0.2, 0.25) is 0 Å². The molecule has 7 heteroatoms. The van der Waals surface area contributed by atoms with E-state index in [1.165, 1.54) is 12.1 Å². The van der Waals surface area contributed by atoms with E-state index < -0.39 is 0 Å². The monoisotopic (exact) mass is 346 g/mol. The quantitative estimate of drug-likeness (QED) is 0.900. The molecule has 0 bridgehead atoms. The van der Waals surface area contributed by atoms with E-state index in [1.807, 2.05) is 18.9 Å². The topological polar surface area (TPSA) is 71.3 Å². The smallest absolute Gasteiger partial charge is 0.231 e. The van der Waals surface area contributed by atoms with E-state index in [-0.39, 0.29) is 23.6 Å². The number of carbonyl (C=O) groups excluding carboxylic acids is 1. The lowest BCUT2D eigenvalue weighted by Crippen LogP contribution is -2.43. The van der Waals surface area contributed by atoms with E-state index in [2.05, 4.69) is 15.5 Å². The van der Waals surface area contributed by atoms with Gasteiger partial charge in [-0.15, -0.1) is 0 Å². The van der Waals surface area contributed by atoms with Crippen LogP contribution in [0.5, 0.6) is 0 Å². The summed E-state index contributed by atoms with van der Waals surface area (Å²) < 4.78 is 18.5. The molecule has 0 aliphatic carbocycles. The molecule has 1 fully saturated rings. The van der Waals surface area contributed by atoms with Gasteiger partial charge in [-0.1, -0.05) is 12.1 Å². The normalized spacial score (nSPS) is 19.0. The standard InChI is InChI=1S/C18H23FN4O2/c1-12(10-20-2)18(24)23-9-3-4-14(11-23)17-21-16(22-25-17)13-5-7-15(19)8-6-13/h5-8,12,14,20H,3-4,9-11H2,1-2H3. The molecular weight excluding hydrogens is 323 g/mol. The van der Waals surface area contributed by atoms with Crippen molar-refractivity contribution in [3.8, 4) is 11.4 Å². The number of nitrogens with one attached hydrogen (secondary N) is 1. The second kappa shape index (κ2) is 7.74. The maximum absolute atomic E-state index is 13.0. The molecule has 1 amide bonds. The average Bonchev–Trinajstić information content (AvgIpc) is 3.12. The highest BCUT2D eigenvalue weighted by Gasteiger charge is 2.30. The maximum atomic E-state index is 13.0. The number of rotatable bonds is 5. The third-order valence-electron chi connectivity index (χ3n) is 4.56. The summed E-state index contributed by atoms with van der Waals surface area (Å²) in [5.41, 5.74) is 0.711. The van der Waals surface area contributed by atoms with E-state index in [4.69, 9.17) is 4.52 Å².